The van der Waals surface area contributed by atoms with E-state index in [0.29, 0.717) is 11.3 Å². The van der Waals surface area contributed by atoms with E-state index in [1.54, 1.807) is 78.9 Å². The minimum absolute atomic E-state index is 0.000456. The minimum atomic E-state index is -2.66. The van der Waals surface area contributed by atoms with Crippen LogP contribution in [-0.2, 0) is 89.2 Å². The summed E-state index contributed by atoms with van der Waals surface area (Å²) in [5.41, 5.74) is -6.63. The summed E-state index contributed by atoms with van der Waals surface area (Å²) < 4.78 is 44.3. The lowest BCUT2D eigenvalue weighted by Crippen LogP contribution is -2.82. The smallest absolute Gasteiger partial charge is 0.350 e. The molecule has 24 heteroatoms. The second-order valence-electron chi connectivity index (χ2n) is 30.8. The van der Waals surface area contributed by atoms with Crippen molar-refractivity contribution in [1.29, 1.82) is 0 Å². The fraction of sp³-hybridized carbons (Fsp3) is 0.500. The zero-order valence-electron chi connectivity index (χ0n) is 64.9. The Bertz CT molecular complexity index is 4160. The Morgan fingerprint density at radius 1 is 0.571 bits per heavy atom. The molecular formula is C88H106N2O22. The molecule has 600 valence electrons. The average molecular weight is 1540 g/mol. The molecule has 5 aromatic rings. The van der Waals surface area contributed by atoms with E-state index in [4.69, 9.17) is 38.3 Å². The predicted octanol–water partition coefficient (Wildman–Crippen LogP) is 13.8. The number of carbonyl (C=O) groups excluding carboxylic acids is 10. The second kappa shape index (κ2) is 39.8. The highest BCUT2D eigenvalue weighted by Crippen LogP contribution is 2.65. The molecule has 1 aliphatic heterocycles. The number of aromatic carboxylic acids is 1. The summed E-state index contributed by atoms with van der Waals surface area (Å²) >= 11 is 0. The number of aliphatic hydroxyl groups is 1. The van der Waals surface area contributed by atoms with Crippen molar-refractivity contribution in [2.45, 2.75) is 256 Å². The van der Waals surface area contributed by atoms with Crippen LogP contribution in [0.2, 0.25) is 0 Å². The first-order valence-electron chi connectivity index (χ1n) is 39.2. The first kappa shape index (κ1) is 85.8. The van der Waals surface area contributed by atoms with Gasteiger partial charge < -0.3 is 59.1 Å². The van der Waals surface area contributed by atoms with Crippen molar-refractivity contribution in [2.24, 2.45) is 16.7 Å². The van der Waals surface area contributed by atoms with Crippen molar-refractivity contribution in [3.8, 4) is 0 Å². The van der Waals surface area contributed by atoms with Gasteiger partial charge in [-0.25, -0.2) is 14.4 Å². The van der Waals surface area contributed by atoms with Crippen LogP contribution in [-0.4, -0.2) is 141 Å². The molecule has 4 aliphatic rings. The number of hydrogen-bond acceptors (Lipinski definition) is 20. The molecule has 0 radical (unpaired) electrons. The lowest BCUT2D eigenvalue weighted by molar-refractivity contribution is -0.346. The maximum absolute atomic E-state index is 16.7. The number of amides is 2. The molecule has 5 N–H and O–H groups in total. The molecule has 24 nitrogen and oxygen atoms in total. The fourth-order valence-corrected chi connectivity index (χ4v) is 16.4. The number of aliphatic carboxylic acids is 1. The van der Waals surface area contributed by atoms with Crippen LogP contribution >= 0.6 is 0 Å². The quantitative estimate of drug-likeness (QED) is 0.0105. The number of carboxylic acids is 2. The first-order valence-corrected chi connectivity index (χ1v) is 39.2. The highest BCUT2D eigenvalue weighted by atomic mass is 16.6. The van der Waals surface area contributed by atoms with E-state index in [1.165, 1.54) is 140 Å². The predicted molar refractivity (Wildman–Crippen MR) is 411 cm³/mol. The van der Waals surface area contributed by atoms with Gasteiger partial charge in [-0.15, -0.1) is 0 Å². The number of unbranched alkanes of at least 4 members (excludes halogenated alkanes) is 15. The van der Waals surface area contributed by atoms with Crippen molar-refractivity contribution in [3.05, 3.63) is 184 Å². The molecule has 2 saturated carbocycles. The van der Waals surface area contributed by atoms with Crippen molar-refractivity contribution >= 4 is 76.8 Å². The summed E-state index contributed by atoms with van der Waals surface area (Å²) in [5, 5.41) is 38.4. The molecule has 0 unspecified atom stereocenters. The number of carboxylic acid groups (broad SMARTS) is 2. The number of Topliss-reactive ketones (excluding diaryl/α,β-unsaturated/α-hetero) is 2. The van der Waals surface area contributed by atoms with Crippen molar-refractivity contribution < 1.29 is 106 Å². The number of rotatable bonds is 41. The van der Waals surface area contributed by atoms with Gasteiger partial charge in [-0.1, -0.05) is 195 Å². The standard InChI is InChI=1S/C88H106N2O22/c1-56-67(108-84(104)77(75(61-33-25-21-26-34-61)90-81(100)62-35-27-22-28-36-62)110-73(98)51-49-70(94)89-65-46-42-59(43-47-65)32-24-19-17-15-13-11-9-7-8-10-12-14-16-18-20-31-39-71(95)96)54-88(105)80(111-83(103)64-37-29-23-30-38-64)78-86(6,79(99)76(107-57(2)91)74(56)85(88,4)5)68(53-69-87(78,55-106-69)112-58(3)92)109-72(97)50-48-66(93)52-60-40-44-63(45-41-60)82(101)102/h21-23,25-30,33-38,40-47,67-69,75-78,80,105H,7-20,24,31-32,39,48-55H2,1-6H3,(H,89,94)(H,90,100)(H,95,96)(H,101,102)/t67-,68-,69+,75-,76+,77+,78-,80-,86+,87-,88+/m0/s1. The normalized spacial score (nSPS) is 22.6. The van der Waals surface area contributed by atoms with E-state index < -0.39 is 174 Å². The van der Waals surface area contributed by atoms with Crippen LogP contribution in [0.5, 0.6) is 0 Å². The van der Waals surface area contributed by atoms with Crippen LogP contribution in [0.4, 0.5) is 5.69 Å². The Labute approximate surface area is 653 Å². The number of esters is 6. The molecule has 11 atom stereocenters. The third kappa shape index (κ3) is 21.7. The van der Waals surface area contributed by atoms with E-state index in [1.807, 2.05) is 12.1 Å². The monoisotopic (exact) mass is 1540 g/mol. The maximum atomic E-state index is 16.7. The van der Waals surface area contributed by atoms with E-state index >= 15 is 14.4 Å². The summed E-state index contributed by atoms with van der Waals surface area (Å²) in [7, 11) is 0. The first-order chi connectivity index (χ1) is 53.6. The molecule has 1 saturated heterocycles. The van der Waals surface area contributed by atoms with Crippen LogP contribution in [0.15, 0.2) is 151 Å². The number of nitrogens with one attached hydrogen (secondary N) is 2. The van der Waals surface area contributed by atoms with Gasteiger partial charge in [0, 0.05) is 69.0 Å². The topological polar surface area (TPSA) is 354 Å². The van der Waals surface area contributed by atoms with Crippen LogP contribution in [0, 0.1) is 16.7 Å². The third-order valence-electron chi connectivity index (χ3n) is 22.6. The van der Waals surface area contributed by atoms with Crippen LogP contribution in [0.1, 0.15) is 243 Å². The van der Waals surface area contributed by atoms with Gasteiger partial charge in [-0.2, -0.15) is 0 Å². The van der Waals surface area contributed by atoms with Crippen LogP contribution < -0.4 is 10.6 Å². The molecule has 2 amide bonds. The van der Waals surface area contributed by atoms with Gasteiger partial charge in [-0.3, -0.25) is 43.2 Å². The molecule has 2 bridgehead atoms. The highest BCUT2D eigenvalue weighted by molar-refractivity contribution is 5.98. The highest BCUT2D eigenvalue weighted by Gasteiger charge is 2.79. The van der Waals surface area contributed by atoms with Gasteiger partial charge in [0.15, 0.2) is 17.5 Å². The van der Waals surface area contributed by atoms with Gasteiger partial charge in [-0.05, 0) is 109 Å². The fourth-order valence-electron chi connectivity index (χ4n) is 16.4. The van der Waals surface area contributed by atoms with Crippen molar-refractivity contribution in [2.75, 3.05) is 11.9 Å². The maximum Gasteiger partial charge on any atom is 0.350 e. The Morgan fingerprint density at radius 3 is 1.66 bits per heavy atom. The summed E-state index contributed by atoms with van der Waals surface area (Å²) in [4.78, 5) is 168. The second-order valence-corrected chi connectivity index (χ2v) is 30.8. The number of hydrogen-bond donors (Lipinski definition) is 5. The SMILES string of the molecule is CC(=O)O[C@H]1C(=O)[C@]2(C)[C@@H](OC(=O)CCC(=O)Cc3ccc(C(=O)O)cc3)C[C@H]3OC[C@@]3(OC(C)=O)[C@H]2[C@H](OC(=O)c2ccccc2)[C@]2(O)C[C@H](OC(=O)[C@H](OC(=O)CCC(=O)Nc3ccc(CCCCCCCCCCCCCCCCCCC(=O)O)cc3)[C@@H](NC(=O)c3ccccc3)c3ccccc3)C(C)=C1C2(C)C. The molecule has 3 aliphatic carbocycles. The van der Waals surface area contributed by atoms with E-state index in [9.17, 15) is 53.4 Å². The third-order valence-corrected chi connectivity index (χ3v) is 22.6. The summed E-state index contributed by atoms with van der Waals surface area (Å²) in [5.74, 6) is -12.8. The molecule has 0 aromatic heterocycles. The summed E-state index contributed by atoms with van der Waals surface area (Å²) in [6.45, 7) is 7.48. The van der Waals surface area contributed by atoms with Crippen molar-refractivity contribution in [1.82, 2.24) is 5.32 Å². The lowest BCUT2D eigenvalue weighted by Gasteiger charge is -2.67. The number of ether oxygens (including phenoxy) is 7. The van der Waals surface area contributed by atoms with E-state index in [2.05, 4.69) is 10.6 Å². The minimum Gasteiger partial charge on any atom is -0.481 e. The zero-order chi connectivity index (χ0) is 80.8. The molecular weight excluding hydrogens is 1440 g/mol. The number of aryl methyl sites for hydroxylation is 1. The van der Waals surface area contributed by atoms with Gasteiger partial charge >= 0.3 is 47.8 Å². The zero-order valence-corrected chi connectivity index (χ0v) is 64.9. The molecule has 0 spiro atoms. The lowest BCUT2D eigenvalue weighted by atomic mass is 9.44. The van der Waals surface area contributed by atoms with Crippen LogP contribution in [0.3, 0.4) is 0 Å². The average Bonchev–Trinajstić information content (AvgIpc) is 0.667. The van der Waals surface area contributed by atoms with Crippen LogP contribution in [0.25, 0.3) is 0 Å². The molecule has 112 heavy (non-hydrogen) atoms. The van der Waals surface area contributed by atoms with Gasteiger partial charge in [0.25, 0.3) is 5.91 Å². The largest absolute Gasteiger partial charge is 0.481 e. The Morgan fingerprint density at radius 2 is 1.12 bits per heavy atom. The number of ketones is 2. The number of benzene rings is 5. The van der Waals surface area contributed by atoms with Gasteiger partial charge in [0.05, 0.1) is 41.9 Å². The Balaban J connectivity index is 0.958. The Hall–Kier alpha value is -10.2. The van der Waals surface area contributed by atoms with E-state index in [0.717, 1.165) is 64.4 Å². The summed E-state index contributed by atoms with van der Waals surface area (Å²) in [6, 6.07) is 35.2. The Kier molecular flexibility index (Phi) is 30.5. The molecule has 3 fully saturated rings. The molecule has 5 aromatic carbocycles. The number of anilines is 1. The summed E-state index contributed by atoms with van der Waals surface area (Å²) in [6.07, 6.45) is 5.47. The van der Waals surface area contributed by atoms with Gasteiger partial charge in [0.2, 0.25) is 12.0 Å². The van der Waals surface area contributed by atoms with Gasteiger partial charge in [0.1, 0.15) is 41.8 Å². The number of carbonyl (C=O) groups is 12. The molecule has 9 rings (SSSR count). The van der Waals surface area contributed by atoms with Crippen molar-refractivity contribution in [3.63, 3.8) is 0 Å². The molecule has 1 heterocycles. The van der Waals surface area contributed by atoms with E-state index in [-0.39, 0.29) is 59.1 Å². The number of fused-ring (bicyclic) bond motifs is 5.